The van der Waals surface area contributed by atoms with Gasteiger partial charge in [0, 0.05) is 18.7 Å². The van der Waals surface area contributed by atoms with Crippen molar-refractivity contribution in [1.29, 1.82) is 0 Å². The molecule has 1 fully saturated rings. The Bertz CT molecular complexity index is 891. The lowest BCUT2D eigenvalue weighted by Gasteiger charge is -2.26. The van der Waals surface area contributed by atoms with Gasteiger partial charge >= 0.3 is 5.97 Å². The van der Waals surface area contributed by atoms with Gasteiger partial charge in [0.15, 0.2) is 0 Å². The standard InChI is InChI=1S/C21H23ClN2O5S/c22-17-9-12-30-18(17)20(26)24-11-10-23-19(25)13-1-5-15(6-2-13)29-16-7-3-14(4-8-16)21(27)28/h1-2,5-6,9,12,14,16H,3-4,7-8,10-11H2,(H,23,25)(H,24,26)(H,27,28). The fourth-order valence-electron chi connectivity index (χ4n) is 3.30. The van der Waals surface area contributed by atoms with E-state index < -0.39 is 5.97 Å². The number of rotatable bonds is 8. The van der Waals surface area contributed by atoms with Crippen molar-refractivity contribution in [2.24, 2.45) is 5.92 Å². The molecule has 0 atom stereocenters. The minimum absolute atomic E-state index is 0.000682. The fourth-order valence-corrected chi connectivity index (χ4v) is 4.35. The molecule has 1 aromatic carbocycles. The van der Waals surface area contributed by atoms with Crippen molar-refractivity contribution < 1.29 is 24.2 Å². The van der Waals surface area contributed by atoms with Crippen LogP contribution < -0.4 is 15.4 Å². The first kappa shape index (κ1) is 22.1. The summed E-state index contributed by atoms with van der Waals surface area (Å²) >= 11 is 7.18. The number of carboxylic acids is 1. The summed E-state index contributed by atoms with van der Waals surface area (Å²) in [5.41, 5.74) is 0.490. The predicted octanol–water partition coefficient (Wildman–Crippen LogP) is 3.58. The van der Waals surface area contributed by atoms with Crippen LogP contribution in [-0.4, -0.2) is 42.1 Å². The highest BCUT2D eigenvalue weighted by Gasteiger charge is 2.26. The molecule has 1 saturated carbocycles. The van der Waals surface area contributed by atoms with Crippen molar-refractivity contribution >= 4 is 40.7 Å². The number of benzene rings is 1. The molecule has 160 valence electrons. The molecule has 2 amide bonds. The molecular weight excluding hydrogens is 428 g/mol. The summed E-state index contributed by atoms with van der Waals surface area (Å²) in [6.07, 6.45) is 2.66. The minimum Gasteiger partial charge on any atom is -0.490 e. The molecule has 30 heavy (non-hydrogen) atoms. The quantitative estimate of drug-likeness (QED) is 0.533. The summed E-state index contributed by atoms with van der Waals surface area (Å²) in [6, 6.07) is 8.49. The molecule has 0 unspecified atom stereocenters. The van der Waals surface area contributed by atoms with Gasteiger partial charge in [0.1, 0.15) is 10.6 Å². The number of halogens is 1. The Morgan fingerprint density at radius 2 is 1.63 bits per heavy atom. The van der Waals surface area contributed by atoms with Gasteiger partial charge in [-0.05, 0) is 61.4 Å². The Labute approximate surface area is 183 Å². The van der Waals surface area contributed by atoms with Crippen molar-refractivity contribution in [3.05, 3.63) is 51.2 Å². The number of thiophene rings is 1. The van der Waals surface area contributed by atoms with Gasteiger partial charge in [0.05, 0.1) is 17.0 Å². The number of hydrogen-bond donors (Lipinski definition) is 3. The van der Waals surface area contributed by atoms with Crippen molar-refractivity contribution in [1.82, 2.24) is 10.6 Å². The van der Waals surface area contributed by atoms with Crippen molar-refractivity contribution in [2.75, 3.05) is 13.1 Å². The molecule has 9 heteroatoms. The maximum atomic E-state index is 12.2. The zero-order chi connectivity index (χ0) is 21.5. The van der Waals surface area contributed by atoms with E-state index in [1.54, 1.807) is 35.7 Å². The molecule has 2 aromatic rings. The Hall–Kier alpha value is -2.58. The highest BCUT2D eigenvalue weighted by atomic mass is 35.5. The lowest BCUT2D eigenvalue weighted by Crippen LogP contribution is -2.34. The predicted molar refractivity (Wildman–Crippen MR) is 114 cm³/mol. The molecule has 3 N–H and O–H groups in total. The number of ether oxygens (including phenoxy) is 1. The summed E-state index contributed by atoms with van der Waals surface area (Å²) in [5.74, 6) is -0.859. The van der Waals surface area contributed by atoms with E-state index in [1.165, 1.54) is 11.3 Å². The highest BCUT2D eigenvalue weighted by Crippen LogP contribution is 2.28. The lowest BCUT2D eigenvalue weighted by atomic mass is 9.87. The number of amides is 2. The van der Waals surface area contributed by atoms with E-state index in [9.17, 15) is 14.4 Å². The smallest absolute Gasteiger partial charge is 0.306 e. The monoisotopic (exact) mass is 450 g/mol. The topological polar surface area (TPSA) is 105 Å². The molecule has 3 rings (SSSR count). The second-order valence-corrected chi connectivity index (χ2v) is 8.39. The Kier molecular flexibility index (Phi) is 7.70. The highest BCUT2D eigenvalue weighted by molar-refractivity contribution is 7.12. The number of carbonyl (C=O) groups is 3. The van der Waals surface area contributed by atoms with Crippen LogP contribution in [0.1, 0.15) is 45.7 Å². The van der Waals surface area contributed by atoms with Crippen molar-refractivity contribution in [3.63, 3.8) is 0 Å². The maximum absolute atomic E-state index is 12.2. The largest absolute Gasteiger partial charge is 0.490 e. The van der Waals surface area contributed by atoms with E-state index in [0.29, 0.717) is 60.0 Å². The number of carbonyl (C=O) groups excluding carboxylic acids is 2. The molecule has 0 aliphatic heterocycles. The van der Waals surface area contributed by atoms with Crippen LogP contribution in [0.2, 0.25) is 5.02 Å². The van der Waals surface area contributed by atoms with Gasteiger partial charge in [-0.2, -0.15) is 0 Å². The average molecular weight is 451 g/mol. The van der Waals surface area contributed by atoms with Crippen LogP contribution in [0.15, 0.2) is 35.7 Å². The van der Waals surface area contributed by atoms with Crippen LogP contribution in [0, 0.1) is 5.92 Å². The van der Waals surface area contributed by atoms with Gasteiger partial charge in [-0.15, -0.1) is 11.3 Å². The lowest BCUT2D eigenvalue weighted by molar-refractivity contribution is -0.143. The van der Waals surface area contributed by atoms with Crippen LogP contribution >= 0.6 is 22.9 Å². The Morgan fingerprint density at radius 1 is 1.00 bits per heavy atom. The Morgan fingerprint density at radius 3 is 2.20 bits per heavy atom. The Balaban J connectivity index is 1.39. The van der Waals surface area contributed by atoms with E-state index in [1.807, 2.05) is 0 Å². The van der Waals surface area contributed by atoms with Crippen LogP contribution in [0.3, 0.4) is 0 Å². The summed E-state index contributed by atoms with van der Waals surface area (Å²) < 4.78 is 5.91. The maximum Gasteiger partial charge on any atom is 0.306 e. The van der Waals surface area contributed by atoms with Gasteiger partial charge in [0.2, 0.25) is 0 Å². The first-order chi connectivity index (χ1) is 14.4. The van der Waals surface area contributed by atoms with E-state index >= 15 is 0 Å². The molecule has 1 aromatic heterocycles. The molecule has 1 aliphatic rings. The second kappa shape index (κ2) is 10.4. The summed E-state index contributed by atoms with van der Waals surface area (Å²) in [6.45, 7) is 0.581. The van der Waals surface area contributed by atoms with Crippen LogP contribution in [0.5, 0.6) is 5.75 Å². The average Bonchev–Trinajstić information content (AvgIpc) is 3.18. The third-order valence-electron chi connectivity index (χ3n) is 4.96. The van der Waals surface area contributed by atoms with Gasteiger partial charge in [0.25, 0.3) is 11.8 Å². The third-order valence-corrected chi connectivity index (χ3v) is 6.30. The van der Waals surface area contributed by atoms with E-state index in [0.717, 1.165) is 0 Å². The second-order valence-electron chi connectivity index (χ2n) is 7.06. The number of aliphatic carboxylic acids is 1. The number of nitrogens with one attached hydrogen (secondary N) is 2. The summed E-state index contributed by atoms with van der Waals surface area (Å²) in [4.78, 5) is 35.7. The van der Waals surface area contributed by atoms with Crippen LogP contribution in [-0.2, 0) is 4.79 Å². The number of carboxylic acid groups (broad SMARTS) is 1. The number of hydrogen-bond acceptors (Lipinski definition) is 5. The minimum atomic E-state index is -0.737. The molecule has 7 nitrogen and oxygen atoms in total. The zero-order valence-electron chi connectivity index (χ0n) is 16.2. The van der Waals surface area contributed by atoms with Crippen LogP contribution in [0.4, 0.5) is 0 Å². The molecule has 1 heterocycles. The van der Waals surface area contributed by atoms with E-state index in [-0.39, 0.29) is 23.8 Å². The van der Waals surface area contributed by atoms with Gasteiger partial charge in [-0.25, -0.2) is 0 Å². The third kappa shape index (κ3) is 5.96. The molecule has 1 aliphatic carbocycles. The van der Waals surface area contributed by atoms with Crippen molar-refractivity contribution in [2.45, 2.75) is 31.8 Å². The van der Waals surface area contributed by atoms with Gasteiger partial charge in [-0.1, -0.05) is 11.6 Å². The first-order valence-electron chi connectivity index (χ1n) is 9.73. The SMILES string of the molecule is O=C(NCCNC(=O)c1sccc1Cl)c1ccc(OC2CCC(C(=O)O)CC2)cc1. The molecule has 0 bridgehead atoms. The zero-order valence-corrected chi connectivity index (χ0v) is 17.8. The van der Waals surface area contributed by atoms with E-state index in [4.69, 9.17) is 21.4 Å². The fraction of sp³-hybridized carbons (Fsp3) is 0.381. The van der Waals surface area contributed by atoms with Gasteiger partial charge < -0.3 is 20.5 Å². The molecule has 0 radical (unpaired) electrons. The normalized spacial score (nSPS) is 18.4. The van der Waals surface area contributed by atoms with Crippen molar-refractivity contribution in [3.8, 4) is 5.75 Å². The summed E-state index contributed by atoms with van der Waals surface area (Å²) in [7, 11) is 0. The van der Waals surface area contributed by atoms with E-state index in [2.05, 4.69) is 10.6 Å². The molecule has 0 spiro atoms. The molecular formula is C21H23ClN2O5S. The summed E-state index contributed by atoms with van der Waals surface area (Å²) in [5, 5.41) is 16.7. The van der Waals surface area contributed by atoms with Gasteiger partial charge in [-0.3, -0.25) is 14.4 Å². The van der Waals surface area contributed by atoms with Crippen LogP contribution in [0.25, 0.3) is 0 Å². The molecule has 0 saturated heterocycles. The first-order valence-corrected chi connectivity index (χ1v) is 11.0.